The molecule has 19 heavy (non-hydrogen) atoms. The van der Waals surface area contributed by atoms with Gasteiger partial charge in [0, 0.05) is 12.2 Å². The molecule has 0 aliphatic carbocycles. The smallest absolute Gasteiger partial charge is 0.137 e. The second-order valence-corrected chi connectivity index (χ2v) is 5.16. The Hall–Kier alpha value is -1.67. The van der Waals surface area contributed by atoms with Crippen LogP contribution in [-0.2, 0) is 6.42 Å². The Balaban J connectivity index is 2.00. The van der Waals surface area contributed by atoms with Crippen LogP contribution in [0, 0.1) is 0 Å². The fraction of sp³-hybridized carbons (Fsp3) is 0.250. The van der Waals surface area contributed by atoms with E-state index in [9.17, 15) is 0 Å². The lowest BCUT2D eigenvalue weighted by Gasteiger charge is -2.18. The van der Waals surface area contributed by atoms with Crippen LogP contribution in [-0.4, -0.2) is 13.7 Å². The summed E-state index contributed by atoms with van der Waals surface area (Å²) in [6, 6.07) is 12.5. The van der Waals surface area contributed by atoms with Crippen molar-refractivity contribution in [1.82, 2.24) is 0 Å². The summed E-state index contributed by atoms with van der Waals surface area (Å²) < 4.78 is 5.18. The summed E-state index contributed by atoms with van der Waals surface area (Å²) in [6.45, 7) is 1.07. The van der Waals surface area contributed by atoms with Crippen molar-refractivity contribution in [2.75, 3.05) is 19.0 Å². The molecular formula is C16H16ClNO. The minimum absolute atomic E-state index is 0.649. The van der Waals surface area contributed by atoms with E-state index >= 15 is 0 Å². The summed E-state index contributed by atoms with van der Waals surface area (Å²) in [5.74, 6) is 0.713. The van der Waals surface area contributed by atoms with Gasteiger partial charge < -0.3 is 10.1 Å². The topological polar surface area (TPSA) is 21.3 Å². The van der Waals surface area contributed by atoms with Crippen LogP contribution in [0.4, 0.5) is 5.69 Å². The van der Waals surface area contributed by atoms with Crippen LogP contribution in [0.25, 0.3) is 11.1 Å². The SMILES string of the molecule is COc1ccc(-c2ccc3c(c2)CCCN3)cc1Cl. The van der Waals surface area contributed by atoms with Gasteiger partial charge in [0.1, 0.15) is 5.75 Å². The van der Waals surface area contributed by atoms with E-state index in [1.54, 1.807) is 7.11 Å². The van der Waals surface area contributed by atoms with Gasteiger partial charge in [0.15, 0.2) is 0 Å². The molecule has 2 aromatic rings. The molecule has 1 heterocycles. The maximum atomic E-state index is 6.19. The lowest BCUT2D eigenvalue weighted by molar-refractivity contribution is 0.415. The molecule has 1 aliphatic rings. The normalized spacial score (nSPS) is 13.6. The summed E-state index contributed by atoms with van der Waals surface area (Å²) in [4.78, 5) is 0. The van der Waals surface area contributed by atoms with Crippen LogP contribution in [0.5, 0.6) is 5.75 Å². The van der Waals surface area contributed by atoms with Crippen molar-refractivity contribution in [2.45, 2.75) is 12.8 Å². The molecule has 2 aromatic carbocycles. The van der Waals surface area contributed by atoms with E-state index in [4.69, 9.17) is 16.3 Å². The number of nitrogens with one attached hydrogen (secondary N) is 1. The Labute approximate surface area is 118 Å². The Morgan fingerprint density at radius 2 is 1.89 bits per heavy atom. The highest BCUT2D eigenvalue weighted by molar-refractivity contribution is 6.32. The highest BCUT2D eigenvalue weighted by atomic mass is 35.5. The number of methoxy groups -OCH3 is 1. The standard InChI is InChI=1S/C16H16ClNO/c1-19-16-7-5-12(10-14(16)17)11-4-6-15-13(9-11)3-2-8-18-15/h4-7,9-10,18H,2-3,8H2,1H3. The van der Waals surface area contributed by atoms with Gasteiger partial charge in [0.25, 0.3) is 0 Å². The highest BCUT2D eigenvalue weighted by Crippen LogP contribution is 2.32. The number of ether oxygens (including phenoxy) is 1. The summed E-state index contributed by atoms with van der Waals surface area (Å²) in [5.41, 5.74) is 4.97. The van der Waals surface area contributed by atoms with Crippen LogP contribution >= 0.6 is 11.6 Å². The van der Waals surface area contributed by atoms with E-state index in [1.807, 2.05) is 18.2 Å². The molecule has 1 aliphatic heterocycles. The second kappa shape index (κ2) is 5.14. The molecule has 3 heteroatoms. The number of anilines is 1. The third kappa shape index (κ3) is 2.41. The largest absolute Gasteiger partial charge is 0.495 e. The molecule has 0 radical (unpaired) electrons. The van der Waals surface area contributed by atoms with Gasteiger partial charge in [-0.1, -0.05) is 23.7 Å². The summed E-state index contributed by atoms with van der Waals surface area (Å²) in [7, 11) is 1.63. The molecular weight excluding hydrogens is 258 g/mol. The van der Waals surface area contributed by atoms with Gasteiger partial charge in [-0.3, -0.25) is 0 Å². The van der Waals surface area contributed by atoms with E-state index in [1.165, 1.54) is 23.2 Å². The molecule has 0 bridgehead atoms. The quantitative estimate of drug-likeness (QED) is 0.877. The lowest BCUT2D eigenvalue weighted by atomic mass is 9.97. The predicted molar refractivity (Wildman–Crippen MR) is 80.3 cm³/mol. The van der Waals surface area contributed by atoms with Crippen molar-refractivity contribution in [1.29, 1.82) is 0 Å². The van der Waals surface area contributed by atoms with Crippen molar-refractivity contribution in [2.24, 2.45) is 0 Å². The van der Waals surface area contributed by atoms with E-state index in [0.717, 1.165) is 18.5 Å². The Kier molecular flexibility index (Phi) is 3.34. The first-order valence-corrected chi connectivity index (χ1v) is 6.86. The zero-order valence-electron chi connectivity index (χ0n) is 10.9. The minimum atomic E-state index is 0.649. The fourth-order valence-corrected chi connectivity index (χ4v) is 2.76. The number of benzene rings is 2. The first-order chi connectivity index (χ1) is 9.28. The molecule has 98 valence electrons. The van der Waals surface area contributed by atoms with Gasteiger partial charge in [-0.15, -0.1) is 0 Å². The average molecular weight is 274 g/mol. The van der Waals surface area contributed by atoms with Crippen LogP contribution in [0.15, 0.2) is 36.4 Å². The molecule has 3 rings (SSSR count). The van der Waals surface area contributed by atoms with E-state index in [0.29, 0.717) is 10.8 Å². The van der Waals surface area contributed by atoms with Gasteiger partial charge in [-0.2, -0.15) is 0 Å². The number of aryl methyl sites for hydroxylation is 1. The summed E-state index contributed by atoms with van der Waals surface area (Å²) in [6.07, 6.45) is 2.33. The van der Waals surface area contributed by atoms with Crippen LogP contribution in [0.1, 0.15) is 12.0 Å². The maximum Gasteiger partial charge on any atom is 0.137 e. The first-order valence-electron chi connectivity index (χ1n) is 6.48. The molecule has 0 amide bonds. The van der Waals surface area contributed by atoms with E-state index < -0.39 is 0 Å². The van der Waals surface area contributed by atoms with E-state index in [2.05, 4.69) is 23.5 Å². The van der Waals surface area contributed by atoms with Crippen molar-refractivity contribution < 1.29 is 4.74 Å². The highest BCUT2D eigenvalue weighted by Gasteiger charge is 2.10. The molecule has 0 saturated heterocycles. The zero-order chi connectivity index (χ0) is 13.2. The molecule has 0 spiro atoms. The van der Waals surface area contributed by atoms with Crippen molar-refractivity contribution in [3.8, 4) is 16.9 Å². The number of rotatable bonds is 2. The third-order valence-corrected chi connectivity index (χ3v) is 3.82. The Morgan fingerprint density at radius 3 is 2.68 bits per heavy atom. The fourth-order valence-electron chi connectivity index (χ4n) is 2.50. The van der Waals surface area contributed by atoms with Crippen molar-refractivity contribution in [3.63, 3.8) is 0 Å². The summed E-state index contributed by atoms with van der Waals surface area (Å²) >= 11 is 6.19. The molecule has 0 atom stereocenters. The predicted octanol–water partition coefficient (Wildman–Crippen LogP) is 4.37. The van der Waals surface area contributed by atoms with Gasteiger partial charge in [-0.05, 0) is 53.8 Å². The van der Waals surface area contributed by atoms with Gasteiger partial charge in [0.2, 0.25) is 0 Å². The molecule has 1 N–H and O–H groups in total. The van der Waals surface area contributed by atoms with Gasteiger partial charge in [0.05, 0.1) is 12.1 Å². The Morgan fingerprint density at radius 1 is 1.11 bits per heavy atom. The first kappa shape index (κ1) is 12.4. The van der Waals surface area contributed by atoms with Crippen molar-refractivity contribution >= 4 is 17.3 Å². The third-order valence-electron chi connectivity index (χ3n) is 3.53. The van der Waals surface area contributed by atoms with Crippen LogP contribution in [0.2, 0.25) is 5.02 Å². The molecule has 0 aromatic heterocycles. The van der Waals surface area contributed by atoms with Crippen LogP contribution < -0.4 is 10.1 Å². The Bertz CT molecular complexity index is 610. The second-order valence-electron chi connectivity index (χ2n) is 4.75. The lowest BCUT2D eigenvalue weighted by Crippen LogP contribution is -2.11. The summed E-state index contributed by atoms with van der Waals surface area (Å²) in [5, 5.41) is 4.07. The van der Waals surface area contributed by atoms with Gasteiger partial charge >= 0.3 is 0 Å². The minimum Gasteiger partial charge on any atom is -0.495 e. The van der Waals surface area contributed by atoms with Crippen LogP contribution in [0.3, 0.4) is 0 Å². The molecule has 0 fully saturated rings. The molecule has 2 nitrogen and oxygen atoms in total. The molecule has 0 saturated carbocycles. The van der Waals surface area contributed by atoms with Gasteiger partial charge in [-0.25, -0.2) is 0 Å². The monoisotopic (exact) mass is 273 g/mol. The number of hydrogen-bond donors (Lipinski definition) is 1. The maximum absolute atomic E-state index is 6.19. The number of hydrogen-bond acceptors (Lipinski definition) is 2. The zero-order valence-corrected chi connectivity index (χ0v) is 11.6. The van der Waals surface area contributed by atoms with E-state index in [-0.39, 0.29) is 0 Å². The average Bonchev–Trinajstić information content (AvgIpc) is 2.46. The number of fused-ring (bicyclic) bond motifs is 1. The molecule has 0 unspecified atom stereocenters. The number of halogens is 1. The van der Waals surface area contributed by atoms with Crippen molar-refractivity contribution in [3.05, 3.63) is 47.0 Å².